The highest BCUT2D eigenvalue weighted by Gasteiger charge is 2.14. The molecule has 1 unspecified atom stereocenters. The fourth-order valence-corrected chi connectivity index (χ4v) is 2.09. The summed E-state index contributed by atoms with van der Waals surface area (Å²) in [6.45, 7) is 5.35. The first kappa shape index (κ1) is 15.1. The molecule has 0 aliphatic rings. The van der Waals surface area contributed by atoms with Gasteiger partial charge in [0, 0.05) is 12.6 Å². The highest BCUT2D eigenvalue weighted by Crippen LogP contribution is 2.20. The molecule has 5 heteroatoms. The van der Waals surface area contributed by atoms with Gasteiger partial charge in [0.2, 0.25) is 0 Å². The summed E-state index contributed by atoms with van der Waals surface area (Å²) in [5, 5.41) is 3.85. The third kappa shape index (κ3) is 5.10. The number of rotatable bonds is 6. The van der Waals surface area contributed by atoms with E-state index in [1.54, 1.807) is 12.1 Å². The van der Waals surface area contributed by atoms with Crippen molar-refractivity contribution in [1.29, 1.82) is 0 Å². The standard InChI is InChI=1S/C13H23ClN4/c1-9(2)7-10(8-18(3)4)16-13-11(15)5-6-12(14)17-13/h5-6,9-10H,7-8,15H2,1-4H3,(H,16,17). The first-order valence-corrected chi connectivity index (χ1v) is 6.59. The minimum Gasteiger partial charge on any atom is -0.396 e. The number of nitrogens with two attached hydrogens (primary N) is 1. The molecule has 0 saturated heterocycles. The number of hydrogen-bond donors (Lipinski definition) is 2. The van der Waals surface area contributed by atoms with Crippen LogP contribution in [0.5, 0.6) is 0 Å². The van der Waals surface area contributed by atoms with Crippen molar-refractivity contribution in [2.24, 2.45) is 5.92 Å². The zero-order chi connectivity index (χ0) is 13.7. The number of nitrogen functional groups attached to an aromatic ring is 1. The highest BCUT2D eigenvalue weighted by molar-refractivity contribution is 6.29. The van der Waals surface area contributed by atoms with E-state index in [0.717, 1.165) is 13.0 Å². The Morgan fingerprint density at radius 1 is 1.39 bits per heavy atom. The van der Waals surface area contributed by atoms with E-state index >= 15 is 0 Å². The van der Waals surface area contributed by atoms with Crippen molar-refractivity contribution >= 4 is 23.1 Å². The van der Waals surface area contributed by atoms with E-state index in [-0.39, 0.29) is 0 Å². The second-order valence-electron chi connectivity index (χ2n) is 5.30. The van der Waals surface area contributed by atoms with Crippen molar-refractivity contribution in [3.8, 4) is 0 Å². The van der Waals surface area contributed by atoms with Gasteiger partial charge in [-0.05, 0) is 38.6 Å². The molecule has 102 valence electrons. The lowest BCUT2D eigenvalue weighted by atomic mass is 10.0. The molecule has 4 nitrogen and oxygen atoms in total. The number of pyridine rings is 1. The summed E-state index contributed by atoms with van der Waals surface area (Å²) in [5.74, 6) is 1.29. The third-order valence-electron chi connectivity index (χ3n) is 2.57. The fourth-order valence-electron chi connectivity index (χ4n) is 1.94. The Labute approximate surface area is 115 Å². The van der Waals surface area contributed by atoms with Gasteiger partial charge < -0.3 is 16.0 Å². The van der Waals surface area contributed by atoms with Gasteiger partial charge in [0.15, 0.2) is 5.82 Å². The third-order valence-corrected chi connectivity index (χ3v) is 2.79. The second-order valence-corrected chi connectivity index (χ2v) is 5.69. The van der Waals surface area contributed by atoms with Crippen LogP contribution in [-0.2, 0) is 0 Å². The quantitative estimate of drug-likeness (QED) is 0.781. The van der Waals surface area contributed by atoms with Crippen molar-refractivity contribution in [3.63, 3.8) is 0 Å². The average Bonchev–Trinajstić information content (AvgIpc) is 2.21. The average molecular weight is 271 g/mol. The number of halogens is 1. The summed E-state index contributed by atoms with van der Waals surface area (Å²) in [6.07, 6.45) is 1.06. The van der Waals surface area contributed by atoms with Gasteiger partial charge in [-0.25, -0.2) is 4.98 Å². The molecule has 0 amide bonds. The number of likely N-dealkylation sites (N-methyl/N-ethyl adjacent to an activating group) is 1. The maximum atomic E-state index is 5.90. The largest absolute Gasteiger partial charge is 0.396 e. The van der Waals surface area contributed by atoms with E-state index in [1.165, 1.54) is 0 Å². The molecular formula is C13H23ClN4. The van der Waals surface area contributed by atoms with Gasteiger partial charge >= 0.3 is 0 Å². The Balaban J connectivity index is 2.77. The molecule has 0 aliphatic heterocycles. The van der Waals surface area contributed by atoms with Crippen LogP contribution in [0.3, 0.4) is 0 Å². The molecule has 0 fully saturated rings. The molecule has 0 spiro atoms. The van der Waals surface area contributed by atoms with Crippen LogP contribution < -0.4 is 11.1 Å². The van der Waals surface area contributed by atoms with Crippen LogP contribution in [0.4, 0.5) is 11.5 Å². The smallest absolute Gasteiger partial charge is 0.151 e. The maximum Gasteiger partial charge on any atom is 0.151 e. The van der Waals surface area contributed by atoms with Crippen molar-refractivity contribution in [2.75, 3.05) is 31.7 Å². The summed E-state index contributed by atoms with van der Waals surface area (Å²) >= 11 is 5.89. The molecule has 1 aromatic rings. The highest BCUT2D eigenvalue weighted by atomic mass is 35.5. The van der Waals surface area contributed by atoms with E-state index in [0.29, 0.717) is 28.6 Å². The zero-order valence-electron chi connectivity index (χ0n) is 11.6. The predicted octanol–water partition coefficient (Wildman–Crippen LogP) is 2.71. The van der Waals surface area contributed by atoms with Crippen LogP contribution in [0.1, 0.15) is 20.3 Å². The first-order valence-electron chi connectivity index (χ1n) is 6.21. The lowest BCUT2D eigenvalue weighted by molar-refractivity contribution is 0.356. The van der Waals surface area contributed by atoms with Gasteiger partial charge in [0.05, 0.1) is 5.69 Å². The van der Waals surface area contributed by atoms with E-state index in [2.05, 4.69) is 43.1 Å². The van der Waals surface area contributed by atoms with Crippen molar-refractivity contribution in [2.45, 2.75) is 26.3 Å². The van der Waals surface area contributed by atoms with E-state index in [4.69, 9.17) is 17.3 Å². The number of nitrogens with zero attached hydrogens (tertiary/aromatic N) is 2. The summed E-state index contributed by atoms with van der Waals surface area (Å²) in [4.78, 5) is 6.39. The Kier molecular flexibility index (Phi) is 5.69. The van der Waals surface area contributed by atoms with Gasteiger partial charge in [-0.15, -0.1) is 0 Å². The monoisotopic (exact) mass is 270 g/mol. The zero-order valence-corrected chi connectivity index (χ0v) is 12.3. The van der Waals surface area contributed by atoms with Crippen molar-refractivity contribution in [1.82, 2.24) is 9.88 Å². The molecule has 1 heterocycles. The normalized spacial score (nSPS) is 13.1. The van der Waals surface area contributed by atoms with Crippen LogP contribution in [0.2, 0.25) is 5.15 Å². The van der Waals surface area contributed by atoms with Gasteiger partial charge in [0.1, 0.15) is 5.15 Å². The Morgan fingerprint density at radius 2 is 2.06 bits per heavy atom. The van der Waals surface area contributed by atoms with Crippen LogP contribution in [-0.4, -0.2) is 36.6 Å². The molecular weight excluding hydrogens is 248 g/mol. The molecule has 0 radical (unpaired) electrons. The summed E-state index contributed by atoms with van der Waals surface area (Å²) < 4.78 is 0. The van der Waals surface area contributed by atoms with Crippen LogP contribution in [0.25, 0.3) is 0 Å². The molecule has 1 aromatic heterocycles. The number of hydrogen-bond acceptors (Lipinski definition) is 4. The molecule has 0 aliphatic carbocycles. The Bertz CT molecular complexity index is 369. The molecule has 0 saturated carbocycles. The van der Waals surface area contributed by atoms with Gasteiger partial charge in [0.25, 0.3) is 0 Å². The summed E-state index contributed by atoms with van der Waals surface area (Å²) in [6, 6.07) is 3.79. The lowest BCUT2D eigenvalue weighted by Crippen LogP contribution is -2.34. The number of anilines is 2. The Hall–Kier alpha value is -1.00. The first-order chi connectivity index (χ1) is 8.38. The van der Waals surface area contributed by atoms with Crippen molar-refractivity contribution < 1.29 is 0 Å². The van der Waals surface area contributed by atoms with Crippen LogP contribution >= 0.6 is 11.6 Å². The Morgan fingerprint density at radius 3 is 2.61 bits per heavy atom. The number of nitrogens with one attached hydrogen (secondary N) is 1. The fraction of sp³-hybridized carbons (Fsp3) is 0.615. The number of aromatic nitrogens is 1. The van der Waals surface area contributed by atoms with Crippen LogP contribution in [0.15, 0.2) is 12.1 Å². The molecule has 1 rings (SSSR count). The molecule has 0 bridgehead atoms. The van der Waals surface area contributed by atoms with Gasteiger partial charge in [-0.1, -0.05) is 25.4 Å². The molecule has 3 N–H and O–H groups in total. The summed E-state index contributed by atoms with van der Waals surface area (Å²) in [7, 11) is 4.12. The lowest BCUT2D eigenvalue weighted by Gasteiger charge is -2.25. The minimum atomic E-state index is 0.313. The summed E-state index contributed by atoms with van der Waals surface area (Å²) in [5.41, 5.74) is 6.53. The van der Waals surface area contributed by atoms with E-state index in [9.17, 15) is 0 Å². The predicted molar refractivity (Wildman–Crippen MR) is 79.1 cm³/mol. The second kappa shape index (κ2) is 6.81. The topological polar surface area (TPSA) is 54.2 Å². The van der Waals surface area contributed by atoms with Crippen LogP contribution in [0, 0.1) is 5.92 Å². The van der Waals surface area contributed by atoms with Crippen molar-refractivity contribution in [3.05, 3.63) is 17.3 Å². The van der Waals surface area contributed by atoms with E-state index in [1.807, 2.05) is 0 Å². The van der Waals surface area contributed by atoms with Gasteiger partial charge in [-0.2, -0.15) is 0 Å². The molecule has 0 aromatic carbocycles. The SMILES string of the molecule is CC(C)CC(CN(C)C)Nc1nc(Cl)ccc1N. The molecule has 18 heavy (non-hydrogen) atoms. The maximum absolute atomic E-state index is 5.90. The molecule has 1 atom stereocenters. The van der Waals surface area contributed by atoms with E-state index < -0.39 is 0 Å². The minimum absolute atomic E-state index is 0.313. The van der Waals surface area contributed by atoms with Gasteiger partial charge in [-0.3, -0.25) is 0 Å².